The maximum Gasteiger partial charge on any atom is 0.145 e. The minimum Gasteiger partial charge on any atom is -0.491 e. The van der Waals surface area contributed by atoms with Crippen LogP contribution < -0.4 is 10.5 Å². The second-order valence-corrected chi connectivity index (χ2v) is 6.57. The highest BCUT2D eigenvalue weighted by Crippen LogP contribution is 2.30. The summed E-state index contributed by atoms with van der Waals surface area (Å²) in [6.45, 7) is 9.47. The van der Waals surface area contributed by atoms with Gasteiger partial charge in [-0.1, -0.05) is 36.7 Å². The molecule has 0 atom stereocenters. The van der Waals surface area contributed by atoms with Crippen molar-refractivity contribution >= 4 is 21.6 Å². The number of halogens is 1. The molecule has 0 bridgehead atoms. The molecule has 0 spiro atoms. The highest BCUT2D eigenvalue weighted by atomic mass is 79.9. The number of nitrogens with two attached hydrogens (primary N) is 1. The average Bonchev–Trinajstić information content (AvgIpc) is 2.13. The first kappa shape index (κ1) is 14.4. The smallest absolute Gasteiger partial charge is 0.145 e. The molecule has 3 heteroatoms. The highest BCUT2D eigenvalue weighted by molar-refractivity contribution is 9.10. The van der Waals surface area contributed by atoms with Crippen LogP contribution in [0.4, 0.5) is 5.69 Å². The molecular formula is C14H22BrNO. The van der Waals surface area contributed by atoms with Crippen molar-refractivity contribution in [1.29, 1.82) is 0 Å². The number of benzene rings is 1. The molecule has 1 rings (SSSR count). The van der Waals surface area contributed by atoms with Crippen molar-refractivity contribution in [2.24, 2.45) is 5.41 Å². The molecule has 2 N–H and O–H groups in total. The Hall–Kier alpha value is -0.700. The molecule has 0 fully saturated rings. The lowest BCUT2D eigenvalue weighted by molar-refractivity contribution is 0.269. The van der Waals surface area contributed by atoms with Gasteiger partial charge in [0.2, 0.25) is 0 Å². The quantitative estimate of drug-likeness (QED) is 0.654. The molecule has 0 amide bonds. The van der Waals surface area contributed by atoms with E-state index < -0.39 is 0 Å². The number of nitrogen functional groups attached to an aromatic ring is 1. The highest BCUT2D eigenvalue weighted by Gasteiger charge is 2.10. The largest absolute Gasteiger partial charge is 0.491 e. The standard InChI is InChI=1S/C14H22BrNO/c1-10-8-11(15)9-12(16)13(10)17-7-5-6-14(2,3)4/h8-9H,5-7,16H2,1-4H3. The van der Waals surface area contributed by atoms with Gasteiger partial charge in [0.25, 0.3) is 0 Å². The van der Waals surface area contributed by atoms with Gasteiger partial charge in [-0.2, -0.15) is 0 Å². The molecule has 1 aromatic carbocycles. The van der Waals surface area contributed by atoms with Crippen LogP contribution in [0.15, 0.2) is 16.6 Å². The molecule has 17 heavy (non-hydrogen) atoms. The van der Waals surface area contributed by atoms with Crippen molar-refractivity contribution in [1.82, 2.24) is 0 Å². The summed E-state index contributed by atoms with van der Waals surface area (Å²) in [6, 6.07) is 3.90. The summed E-state index contributed by atoms with van der Waals surface area (Å²) in [5.41, 5.74) is 8.08. The summed E-state index contributed by atoms with van der Waals surface area (Å²) in [5, 5.41) is 0. The molecule has 0 aliphatic rings. The summed E-state index contributed by atoms with van der Waals surface area (Å²) in [7, 11) is 0. The van der Waals surface area contributed by atoms with Crippen molar-refractivity contribution in [3.63, 3.8) is 0 Å². The van der Waals surface area contributed by atoms with Gasteiger partial charge >= 0.3 is 0 Å². The normalized spacial score (nSPS) is 11.6. The Kier molecular flexibility index (Phi) is 4.87. The Balaban J connectivity index is 2.53. The van der Waals surface area contributed by atoms with Gasteiger partial charge in [-0.25, -0.2) is 0 Å². The Morgan fingerprint density at radius 2 is 1.94 bits per heavy atom. The van der Waals surface area contributed by atoms with E-state index in [0.29, 0.717) is 11.1 Å². The molecule has 0 aliphatic carbocycles. The molecule has 0 saturated carbocycles. The van der Waals surface area contributed by atoms with E-state index in [9.17, 15) is 0 Å². The van der Waals surface area contributed by atoms with E-state index in [1.165, 1.54) is 0 Å². The molecule has 0 radical (unpaired) electrons. The van der Waals surface area contributed by atoms with Crippen LogP contribution in [-0.4, -0.2) is 6.61 Å². The Morgan fingerprint density at radius 3 is 2.47 bits per heavy atom. The van der Waals surface area contributed by atoms with Crippen molar-refractivity contribution in [3.8, 4) is 5.75 Å². The number of hydrogen-bond donors (Lipinski definition) is 1. The zero-order chi connectivity index (χ0) is 13.1. The van der Waals surface area contributed by atoms with Crippen LogP contribution in [0.2, 0.25) is 0 Å². The van der Waals surface area contributed by atoms with Crippen molar-refractivity contribution < 1.29 is 4.74 Å². The monoisotopic (exact) mass is 299 g/mol. The van der Waals surface area contributed by atoms with Crippen LogP contribution in [0.1, 0.15) is 39.2 Å². The molecule has 96 valence electrons. The van der Waals surface area contributed by atoms with Crippen LogP contribution in [0.25, 0.3) is 0 Å². The summed E-state index contributed by atoms with van der Waals surface area (Å²) in [6.07, 6.45) is 2.21. The van der Waals surface area contributed by atoms with Crippen molar-refractivity contribution in [3.05, 3.63) is 22.2 Å². The average molecular weight is 300 g/mol. The van der Waals surface area contributed by atoms with Gasteiger partial charge in [0.05, 0.1) is 12.3 Å². The molecule has 2 nitrogen and oxygen atoms in total. The molecule has 1 aromatic rings. The maximum absolute atomic E-state index is 5.94. The third-order valence-electron chi connectivity index (χ3n) is 2.59. The molecule has 0 heterocycles. The number of rotatable bonds is 4. The lowest BCUT2D eigenvalue weighted by atomic mass is 9.91. The zero-order valence-corrected chi connectivity index (χ0v) is 12.7. The minimum atomic E-state index is 0.365. The molecule has 0 aliphatic heterocycles. The van der Waals surface area contributed by atoms with Gasteiger partial charge in [0, 0.05) is 4.47 Å². The van der Waals surface area contributed by atoms with Gasteiger partial charge in [-0.3, -0.25) is 0 Å². The van der Waals surface area contributed by atoms with E-state index in [1.54, 1.807) is 0 Å². The fourth-order valence-electron chi connectivity index (χ4n) is 1.73. The fourth-order valence-corrected chi connectivity index (χ4v) is 2.32. The summed E-state index contributed by atoms with van der Waals surface area (Å²) in [4.78, 5) is 0. The summed E-state index contributed by atoms with van der Waals surface area (Å²) in [5.74, 6) is 0.821. The minimum absolute atomic E-state index is 0.365. The third kappa shape index (κ3) is 4.99. The van der Waals surface area contributed by atoms with E-state index in [0.717, 1.165) is 35.2 Å². The molecule has 0 unspecified atom stereocenters. The van der Waals surface area contributed by atoms with Gasteiger partial charge in [0.1, 0.15) is 5.75 Å². The van der Waals surface area contributed by atoms with E-state index >= 15 is 0 Å². The van der Waals surface area contributed by atoms with E-state index in [4.69, 9.17) is 10.5 Å². The van der Waals surface area contributed by atoms with Crippen LogP contribution in [0, 0.1) is 12.3 Å². The third-order valence-corrected chi connectivity index (χ3v) is 3.04. The molecule has 0 saturated heterocycles. The second-order valence-electron chi connectivity index (χ2n) is 5.65. The first-order chi connectivity index (χ1) is 7.79. The first-order valence-corrected chi connectivity index (χ1v) is 6.77. The number of hydrogen-bond acceptors (Lipinski definition) is 2. The summed E-state index contributed by atoms with van der Waals surface area (Å²) >= 11 is 3.42. The van der Waals surface area contributed by atoms with Gasteiger partial charge in [0.15, 0.2) is 0 Å². The molecule has 0 aromatic heterocycles. The Bertz CT molecular complexity index is 359. The van der Waals surface area contributed by atoms with Crippen LogP contribution in [-0.2, 0) is 0 Å². The van der Waals surface area contributed by atoms with Crippen LogP contribution in [0.3, 0.4) is 0 Å². The van der Waals surface area contributed by atoms with Crippen LogP contribution in [0.5, 0.6) is 5.75 Å². The fraction of sp³-hybridized carbons (Fsp3) is 0.571. The van der Waals surface area contributed by atoms with E-state index in [2.05, 4.69) is 36.7 Å². The zero-order valence-electron chi connectivity index (χ0n) is 11.1. The van der Waals surface area contributed by atoms with Gasteiger partial charge in [-0.15, -0.1) is 0 Å². The number of aryl methyl sites for hydroxylation is 1. The van der Waals surface area contributed by atoms with Crippen molar-refractivity contribution in [2.45, 2.75) is 40.5 Å². The molecular weight excluding hydrogens is 278 g/mol. The lowest BCUT2D eigenvalue weighted by Gasteiger charge is -2.18. The second kappa shape index (κ2) is 5.76. The topological polar surface area (TPSA) is 35.2 Å². The number of ether oxygens (including phenoxy) is 1. The first-order valence-electron chi connectivity index (χ1n) is 5.98. The SMILES string of the molecule is Cc1cc(Br)cc(N)c1OCCCC(C)(C)C. The van der Waals surface area contributed by atoms with Gasteiger partial charge in [-0.05, 0) is 42.9 Å². The summed E-state index contributed by atoms with van der Waals surface area (Å²) < 4.78 is 6.77. The Morgan fingerprint density at radius 1 is 1.29 bits per heavy atom. The van der Waals surface area contributed by atoms with Crippen molar-refractivity contribution in [2.75, 3.05) is 12.3 Å². The van der Waals surface area contributed by atoms with E-state index in [1.807, 2.05) is 19.1 Å². The predicted octanol–water partition coefficient (Wildman–Crippen LogP) is 4.54. The predicted molar refractivity (Wildman–Crippen MR) is 77.5 cm³/mol. The van der Waals surface area contributed by atoms with Crippen LogP contribution >= 0.6 is 15.9 Å². The lowest BCUT2D eigenvalue weighted by Crippen LogP contribution is -2.09. The van der Waals surface area contributed by atoms with E-state index in [-0.39, 0.29) is 0 Å². The maximum atomic E-state index is 5.94. The van der Waals surface area contributed by atoms with Gasteiger partial charge < -0.3 is 10.5 Å². The number of anilines is 1. The Labute approximate surface area is 113 Å².